The second kappa shape index (κ2) is 6.05. The molecule has 14 heavy (non-hydrogen) atoms. The molecule has 0 aromatic heterocycles. The van der Waals surface area contributed by atoms with Gasteiger partial charge in [-0.3, -0.25) is 4.79 Å². The molecule has 0 aliphatic carbocycles. The highest BCUT2D eigenvalue weighted by atomic mass is 16.2. The van der Waals surface area contributed by atoms with Crippen LogP contribution in [0.15, 0.2) is 0 Å². The van der Waals surface area contributed by atoms with E-state index in [1.54, 1.807) is 0 Å². The third-order valence-corrected chi connectivity index (χ3v) is 3.20. The second-order valence-corrected chi connectivity index (χ2v) is 4.63. The van der Waals surface area contributed by atoms with Crippen molar-refractivity contribution >= 4 is 5.91 Å². The summed E-state index contributed by atoms with van der Waals surface area (Å²) in [5, 5.41) is 3.04. The normalized spacial score (nSPS) is 11.9. The molecule has 84 valence electrons. The third kappa shape index (κ3) is 4.12. The van der Waals surface area contributed by atoms with Crippen molar-refractivity contribution in [1.29, 1.82) is 0 Å². The molecule has 1 amide bonds. The summed E-state index contributed by atoms with van der Waals surface area (Å²) in [5.41, 5.74) is -0.216. The fraction of sp³-hybridized carbons (Fsp3) is 0.917. The maximum atomic E-state index is 11.7. The molecule has 0 fully saturated rings. The Labute approximate surface area is 88.5 Å². The lowest BCUT2D eigenvalue weighted by atomic mass is 9.89. The van der Waals surface area contributed by atoms with Crippen LogP contribution >= 0.6 is 0 Å². The maximum Gasteiger partial charge on any atom is 0.225 e. The van der Waals surface area contributed by atoms with Crippen molar-refractivity contribution in [2.24, 2.45) is 11.3 Å². The first-order valence-corrected chi connectivity index (χ1v) is 5.76. The average Bonchev–Trinajstić information content (AvgIpc) is 2.19. The predicted molar refractivity (Wildman–Crippen MR) is 61.2 cm³/mol. The average molecular weight is 199 g/mol. The van der Waals surface area contributed by atoms with Crippen molar-refractivity contribution in [3.05, 3.63) is 0 Å². The van der Waals surface area contributed by atoms with Gasteiger partial charge in [-0.1, -0.05) is 47.5 Å². The Kier molecular flexibility index (Phi) is 5.82. The van der Waals surface area contributed by atoms with E-state index in [9.17, 15) is 4.79 Å². The lowest BCUT2D eigenvalue weighted by molar-refractivity contribution is -0.129. The minimum Gasteiger partial charge on any atom is -0.355 e. The number of amides is 1. The highest BCUT2D eigenvalue weighted by molar-refractivity contribution is 5.81. The lowest BCUT2D eigenvalue weighted by Gasteiger charge is -2.23. The molecule has 1 N–H and O–H groups in total. The molecule has 0 saturated carbocycles. The summed E-state index contributed by atoms with van der Waals surface area (Å²) in [5.74, 6) is 0.818. The lowest BCUT2D eigenvalue weighted by Crippen LogP contribution is -2.38. The molecule has 0 aliphatic rings. The molecule has 2 nitrogen and oxygen atoms in total. The van der Waals surface area contributed by atoms with Crippen LogP contribution in [0.3, 0.4) is 0 Å². The first-order chi connectivity index (χ1) is 6.47. The SMILES string of the molecule is CCC(CC)CNC(=O)C(C)(C)CC. The van der Waals surface area contributed by atoms with Crippen molar-refractivity contribution < 1.29 is 4.79 Å². The molecule has 0 saturated heterocycles. The third-order valence-electron chi connectivity index (χ3n) is 3.20. The van der Waals surface area contributed by atoms with Crippen LogP contribution in [0, 0.1) is 11.3 Å². The quantitative estimate of drug-likeness (QED) is 0.700. The Balaban J connectivity index is 3.95. The fourth-order valence-electron chi connectivity index (χ4n) is 1.21. The maximum absolute atomic E-state index is 11.7. The van der Waals surface area contributed by atoms with Crippen molar-refractivity contribution in [1.82, 2.24) is 5.32 Å². The van der Waals surface area contributed by atoms with Gasteiger partial charge in [0.25, 0.3) is 0 Å². The van der Waals surface area contributed by atoms with Gasteiger partial charge in [0.2, 0.25) is 5.91 Å². The van der Waals surface area contributed by atoms with Crippen molar-refractivity contribution in [3.8, 4) is 0 Å². The zero-order valence-electron chi connectivity index (χ0n) is 10.3. The molecule has 0 heterocycles. The zero-order chi connectivity index (χ0) is 11.2. The smallest absolute Gasteiger partial charge is 0.225 e. The van der Waals surface area contributed by atoms with E-state index < -0.39 is 0 Å². The molecule has 0 atom stereocenters. The minimum atomic E-state index is -0.216. The van der Waals surface area contributed by atoms with Crippen LogP contribution in [0.4, 0.5) is 0 Å². The predicted octanol–water partition coefficient (Wildman–Crippen LogP) is 2.98. The summed E-state index contributed by atoms with van der Waals surface area (Å²) in [6.45, 7) is 11.2. The van der Waals surface area contributed by atoms with Gasteiger partial charge in [-0.2, -0.15) is 0 Å². The standard InChI is InChI=1S/C12H25NO/c1-6-10(7-2)9-13-11(14)12(4,5)8-3/h10H,6-9H2,1-5H3,(H,13,14). The number of rotatable bonds is 6. The van der Waals surface area contributed by atoms with Crippen molar-refractivity contribution in [3.63, 3.8) is 0 Å². The van der Waals surface area contributed by atoms with Crippen LogP contribution in [0.5, 0.6) is 0 Å². The van der Waals surface area contributed by atoms with Gasteiger partial charge in [-0.05, 0) is 12.3 Å². The van der Waals surface area contributed by atoms with E-state index in [1.807, 2.05) is 13.8 Å². The number of nitrogens with one attached hydrogen (secondary N) is 1. The molecule has 0 aromatic carbocycles. The fourth-order valence-corrected chi connectivity index (χ4v) is 1.21. The Hall–Kier alpha value is -0.530. The minimum absolute atomic E-state index is 0.187. The summed E-state index contributed by atoms with van der Waals surface area (Å²) in [6.07, 6.45) is 3.18. The van der Waals surface area contributed by atoms with E-state index in [1.165, 1.54) is 0 Å². The largest absolute Gasteiger partial charge is 0.355 e. The van der Waals surface area contributed by atoms with Gasteiger partial charge in [0, 0.05) is 12.0 Å². The van der Waals surface area contributed by atoms with Crippen LogP contribution in [-0.2, 0) is 4.79 Å². The number of carbonyl (C=O) groups is 1. The van der Waals surface area contributed by atoms with Crippen molar-refractivity contribution in [2.45, 2.75) is 53.9 Å². The zero-order valence-corrected chi connectivity index (χ0v) is 10.3. The summed E-state index contributed by atoms with van der Waals surface area (Å²) in [7, 11) is 0. The van der Waals surface area contributed by atoms with Gasteiger partial charge in [0.1, 0.15) is 0 Å². The molecule has 0 aromatic rings. The van der Waals surface area contributed by atoms with Gasteiger partial charge in [0.15, 0.2) is 0 Å². The number of hydrogen-bond donors (Lipinski definition) is 1. The van der Waals surface area contributed by atoms with E-state index in [0.29, 0.717) is 5.92 Å². The van der Waals surface area contributed by atoms with Crippen LogP contribution in [0.2, 0.25) is 0 Å². The second-order valence-electron chi connectivity index (χ2n) is 4.63. The first kappa shape index (κ1) is 13.5. The van der Waals surface area contributed by atoms with Gasteiger partial charge in [0.05, 0.1) is 0 Å². The van der Waals surface area contributed by atoms with E-state index >= 15 is 0 Å². The summed E-state index contributed by atoms with van der Waals surface area (Å²) >= 11 is 0. The van der Waals surface area contributed by atoms with E-state index in [2.05, 4.69) is 26.1 Å². The Morgan fingerprint density at radius 3 is 2.07 bits per heavy atom. The van der Waals surface area contributed by atoms with Crippen LogP contribution in [0.25, 0.3) is 0 Å². The Morgan fingerprint density at radius 2 is 1.71 bits per heavy atom. The van der Waals surface area contributed by atoms with Crippen LogP contribution in [0.1, 0.15) is 53.9 Å². The van der Waals surface area contributed by atoms with Crippen molar-refractivity contribution in [2.75, 3.05) is 6.54 Å². The molecule has 0 spiro atoms. The summed E-state index contributed by atoms with van der Waals surface area (Å²) in [4.78, 5) is 11.7. The molecule has 2 heteroatoms. The highest BCUT2D eigenvalue weighted by Gasteiger charge is 2.25. The van der Waals surface area contributed by atoms with E-state index in [-0.39, 0.29) is 11.3 Å². The topological polar surface area (TPSA) is 29.1 Å². The number of hydrogen-bond acceptors (Lipinski definition) is 1. The Morgan fingerprint density at radius 1 is 1.21 bits per heavy atom. The summed E-state index contributed by atoms with van der Waals surface area (Å²) < 4.78 is 0. The molecular formula is C12H25NO. The highest BCUT2D eigenvalue weighted by Crippen LogP contribution is 2.19. The van der Waals surface area contributed by atoms with Crippen LogP contribution < -0.4 is 5.32 Å². The molecular weight excluding hydrogens is 174 g/mol. The molecule has 0 rings (SSSR count). The summed E-state index contributed by atoms with van der Waals surface area (Å²) in [6, 6.07) is 0. The van der Waals surface area contributed by atoms with Gasteiger partial charge in [-0.15, -0.1) is 0 Å². The van der Waals surface area contributed by atoms with Gasteiger partial charge < -0.3 is 5.32 Å². The monoisotopic (exact) mass is 199 g/mol. The Bertz CT molecular complexity index is 171. The molecule has 0 radical (unpaired) electrons. The van der Waals surface area contributed by atoms with E-state index in [4.69, 9.17) is 0 Å². The molecule has 0 aliphatic heterocycles. The molecule has 0 unspecified atom stereocenters. The van der Waals surface area contributed by atoms with Gasteiger partial charge >= 0.3 is 0 Å². The van der Waals surface area contributed by atoms with Crippen LogP contribution in [-0.4, -0.2) is 12.5 Å². The first-order valence-electron chi connectivity index (χ1n) is 5.76. The van der Waals surface area contributed by atoms with E-state index in [0.717, 1.165) is 25.8 Å². The molecule has 0 bridgehead atoms. The van der Waals surface area contributed by atoms with Gasteiger partial charge in [-0.25, -0.2) is 0 Å². The number of carbonyl (C=O) groups excluding carboxylic acids is 1.